The van der Waals surface area contributed by atoms with Crippen molar-refractivity contribution in [3.8, 4) is 0 Å². The molecule has 0 saturated heterocycles. The molecule has 0 heterocycles. The van der Waals surface area contributed by atoms with E-state index in [4.69, 9.17) is 18.5 Å². The van der Waals surface area contributed by atoms with Crippen LogP contribution in [0.2, 0.25) is 0 Å². The lowest BCUT2D eigenvalue weighted by Crippen LogP contribution is -2.37. The number of likely N-dealkylation sites (N-methyl/N-ethyl adjacent to an activating group) is 1. The zero-order valence-corrected chi connectivity index (χ0v) is 41.5. The van der Waals surface area contributed by atoms with Crippen LogP contribution in [0.15, 0.2) is 48.6 Å². The van der Waals surface area contributed by atoms with E-state index in [-0.39, 0.29) is 32.2 Å². The summed E-state index contributed by atoms with van der Waals surface area (Å²) in [5.74, 6) is -0.385. The molecule has 0 N–H and O–H groups in total. The van der Waals surface area contributed by atoms with Crippen LogP contribution in [-0.2, 0) is 27.9 Å². The number of hydrogen-bond acceptors (Lipinski definition) is 7. The van der Waals surface area contributed by atoms with Crippen LogP contribution in [0.5, 0.6) is 0 Å². The molecular weight excluding hydrogens is 782 g/mol. The van der Waals surface area contributed by atoms with E-state index in [9.17, 15) is 14.3 Å². The molecule has 0 spiro atoms. The van der Waals surface area contributed by atoms with Gasteiger partial charge in [-0.25, -0.2) is 0 Å². The number of allylic oxidation sites excluding steroid dienone is 8. The molecule has 0 saturated carbocycles. The van der Waals surface area contributed by atoms with Crippen molar-refractivity contribution in [2.75, 3.05) is 54.1 Å². The third-order valence-corrected chi connectivity index (χ3v) is 11.8. The van der Waals surface area contributed by atoms with Crippen molar-refractivity contribution < 1.29 is 37.3 Å². The average Bonchev–Trinajstić information content (AvgIpc) is 3.22. The Balaban J connectivity index is 4.18. The van der Waals surface area contributed by atoms with Crippen LogP contribution >= 0.6 is 7.82 Å². The minimum absolute atomic E-state index is 0.0161. The number of nitrogens with zero attached hydrogens (tertiary/aromatic N) is 1. The van der Waals surface area contributed by atoms with Crippen LogP contribution in [0.1, 0.15) is 219 Å². The van der Waals surface area contributed by atoms with E-state index in [1.165, 1.54) is 154 Å². The van der Waals surface area contributed by atoms with Gasteiger partial charge in [-0.2, -0.15) is 0 Å². The highest BCUT2D eigenvalue weighted by Crippen LogP contribution is 2.38. The predicted octanol–water partition coefficient (Wildman–Crippen LogP) is 14.9. The van der Waals surface area contributed by atoms with Gasteiger partial charge in [0.1, 0.15) is 19.3 Å². The van der Waals surface area contributed by atoms with Crippen LogP contribution < -0.4 is 4.89 Å². The molecule has 61 heavy (non-hydrogen) atoms. The smallest absolute Gasteiger partial charge is 0.306 e. The lowest BCUT2D eigenvalue weighted by atomic mass is 10.0. The van der Waals surface area contributed by atoms with Crippen LogP contribution in [0.3, 0.4) is 0 Å². The highest BCUT2D eigenvalue weighted by Gasteiger charge is 2.20. The molecule has 0 fully saturated rings. The highest BCUT2D eigenvalue weighted by molar-refractivity contribution is 7.45. The molecule has 0 aromatic carbocycles. The second-order valence-electron chi connectivity index (χ2n) is 18.2. The third kappa shape index (κ3) is 49.3. The average molecular weight is 880 g/mol. The van der Waals surface area contributed by atoms with Gasteiger partial charge in [0, 0.05) is 13.0 Å². The number of hydrogen-bond donors (Lipinski definition) is 0. The molecule has 2 atom stereocenters. The Bertz CT molecular complexity index is 1120. The highest BCUT2D eigenvalue weighted by atomic mass is 31.2. The van der Waals surface area contributed by atoms with Crippen molar-refractivity contribution in [1.29, 1.82) is 0 Å². The second-order valence-corrected chi connectivity index (χ2v) is 19.6. The quantitative estimate of drug-likeness (QED) is 0.0198. The van der Waals surface area contributed by atoms with Gasteiger partial charge >= 0.3 is 5.97 Å². The summed E-state index contributed by atoms with van der Waals surface area (Å²) < 4.78 is 34.6. The number of phosphoric acid groups is 1. The SMILES string of the molecule is CCCCC/C=C\C/C=C\C/C=C\C/C=C\CCCC(=O)O[C@H](COCCCCCCCCCCCCCCCCCCCCCCCC)COP(=O)([O-])OCC[N+](C)(C)C. The first-order chi connectivity index (χ1) is 29.6. The Labute approximate surface area is 378 Å². The number of ether oxygens (including phenoxy) is 2. The van der Waals surface area contributed by atoms with Crippen molar-refractivity contribution in [1.82, 2.24) is 0 Å². The molecule has 0 bridgehead atoms. The van der Waals surface area contributed by atoms with Crippen molar-refractivity contribution in [2.24, 2.45) is 0 Å². The fourth-order valence-electron chi connectivity index (χ4n) is 6.95. The number of quaternary nitrogens is 1. The van der Waals surface area contributed by atoms with Gasteiger partial charge in [0.05, 0.1) is 34.4 Å². The van der Waals surface area contributed by atoms with Gasteiger partial charge in [-0.3, -0.25) is 9.36 Å². The number of unbranched alkanes of at least 4 members (excludes halogenated alkanes) is 25. The van der Waals surface area contributed by atoms with Gasteiger partial charge in [0.25, 0.3) is 7.82 Å². The maximum atomic E-state index is 12.7. The van der Waals surface area contributed by atoms with E-state index in [1.54, 1.807) is 0 Å². The Morgan fingerprint density at radius 3 is 1.34 bits per heavy atom. The summed E-state index contributed by atoms with van der Waals surface area (Å²) in [4.78, 5) is 25.1. The van der Waals surface area contributed by atoms with Crippen molar-refractivity contribution >= 4 is 13.8 Å². The van der Waals surface area contributed by atoms with Gasteiger partial charge in [0.2, 0.25) is 0 Å². The summed E-state index contributed by atoms with van der Waals surface area (Å²) in [6.07, 6.45) is 55.8. The predicted molar refractivity (Wildman–Crippen MR) is 259 cm³/mol. The monoisotopic (exact) mass is 880 g/mol. The first-order valence-corrected chi connectivity index (χ1v) is 26.8. The Hall–Kier alpha value is -1.54. The molecule has 358 valence electrons. The minimum atomic E-state index is -4.54. The Morgan fingerprint density at radius 2 is 0.902 bits per heavy atom. The number of phosphoric ester groups is 1. The van der Waals surface area contributed by atoms with E-state index < -0.39 is 13.9 Å². The first kappa shape index (κ1) is 59.5. The van der Waals surface area contributed by atoms with Gasteiger partial charge in [-0.05, 0) is 51.4 Å². The number of carbonyl (C=O) groups excluding carboxylic acids is 1. The van der Waals surface area contributed by atoms with Crippen molar-refractivity contribution in [2.45, 2.75) is 225 Å². The molecule has 0 aliphatic carbocycles. The molecule has 1 unspecified atom stereocenters. The molecule has 0 aliphatic heterocycles. The van der Waals surface area contributed by atoms with Crippen LogP contribution in [0, 0.1) is 0 Å². The summed E-state index contributed by atoms with van der Waals surface area (Å²) in [6, 6.07) is 0. The van der Waals surface area contributed by atoms with E-state index in [1.807, 2.05) is 21.1 Å². The van der Waals surface area contributed by atoms with E-state index >= 15 is 0 Å². The molecular formula is C52H98NO7P. The summed E-state index contributed by atoms with van der Waals surface area (Å²) in [7, 11) is 1.33. The van der Waals surface area contributed by atoms with Crippen LogP contribution in [-0.4, -0.2) is 70.7 Å². The molecule has 0 aliphatic rings. The molecule has 9 heteroatoms. The molecule has 0 amide bonds. The normalized spacial score (nSPS) is 14.0. The number of esters is 1. The Morgan fingerprint density at radius 1 is 0.508 bits per heavy atom. The summed E-state index contributed by atoms with van der Waals surface area (Å²) in [5.41, 5.74) is 0. The minimum Gasteiger partial charge on any atom is -0.756 e. The zero-order valence-electron chi connectivity index (χ0n) is 40.6. The van der Waals surface area contributed by atoms with Crippen molar-refractivity contribution in [3.05, 3.63) is 48.6 Å². The molecule has 0 rings (SSSR count). The summed E-state index contributed by atoms with van der Waals surface area (Å²) in [6.45, 7) is 5.34. The molecule has 0 aromatic heterocycles. The van der Waals surface area contributed by atoms with Crippen LogP contribution in [0.4, 0.5) is 0 Å². The van der Waals surface area contributed by atoms with Gasteiger partial charge in [0.15, 0.2) is 0 Å². The zero-order chi connectivity index (χ0) is 44.8. The lowest BCUT2D eigenvalue weighted by molar-refractivity contribution is -0.870. The third-order valence-electron chi connectivity index (χ3n) is 10.9. The van der Waals surface area contributed by atoms with E-state index in [0.717, 1.165) is 38.5 Å². The number of rotatable bonds is 47. The maximum absolute atomic E-state index is 12.7. The largest absolute Gasteiger partial charge is 0.756 e. The molecule has 0 radical (unpaired) electrons. The topological polar surface area (TPSA) is 94.1 Å². The first-order valence-electron chi connectivity index (χ1n) is 25.4. The molecule has 8 nitrogen and oxygen atoms in total. The summed E-state index contributed by atoms with van der Waals surface area (Å²) in [5, 5.41) is 0. The van der Waals surface area contributed by atoms with Gasteiger partial charge in [-0.1, -0.05) is 210 Å². The Kier molecular flexibility index (Phi) is 43.9. The van der Waals surface area contributed by atoms with Crippen LogP contribution in [0.25, 0.3) is 0 Å². The fraction of sp³-hybridized carbons (Fsp3) is 0.827. The maximum Gasteiger partial charge on any atom is 0.306 e. The lowest BCUT2D eigenvalue weighted by Gasteiger charge is -2.28. The standard InChI is InChI=1S/C52H98NO7P/c1-6-8-10-12-14-16-18-20-22-24-25-26-27-28-30-32-34-36-38-40-42-44-47-57-49-51(50-59-61(55,56)58-48-46-53(3,4)5)60-52(54)45-43-41-39-37-35-33-31-29-23-21-19-17-15-13-11-9-7-2/h15,17,21,23,31,33,37,39,51H,6-14,16,18-20,22,24-30,32,34-36,38,40-50H2,1-5H3/b17-15-,23-21-,33-31-,39-37-/t51-/m1/s1. The molecule has 0 aromatic rings. The van der Waals surface area contributed by atoms with Gasteiger partial charge < -0.3 is 27.9 Å². The fourth-order valence-corrected chi connectivity index (χ4v) is 7.68. The van der Waals surface area contributed by atoms with Crippen molar-refractivity contribution in [3.63, 3.8) is 0 Å². The van der Waals surface area contributed by atoms with E-state index in [0.29, 0.717) is 24.1 Å². The second kappa shape index (κ2) is 45.0. The van der Waals surface area contributed by atoms with Gasteiger partial charge in [-0.15, -0.1) is 0 Å². The summed E-state index contributed by atoms with van der Waals surface area (Å²) >= 11 is 0. The van der Waals surface area contributed by atoms with E-state index in [2.05, 4.69) is 62.5 Å². The number of carbonyl (C=O) groups is 1.